The third kappa shape index (κ3) is 1.96. The van der Waals surface area contributed by atoms with Crippen LogP contribution in [-0.4, -0.2) is 31.8 Å². The highest BCUT2D eigenvalue weighted by atomic mass is 19.1. The van der Waals surface area contributed by atoms with Crippen LogP contribution in [0.5, 0.6) is 0 Å². The fraction of sp³-hybridized carbons (Fsp3) is 0.417. The zero-order valence-corrected chi connectivity index (χ0v) is 9.67. The first-order valence-electron chi connectivity index (χ1n) is 5.42. The van der Waals surface area contributed by atoms with Crippen LogP contribution in [-0.2, 0) is 9.53 Å². The van der Waals surface area contributed by atoms with E-state index < -0.39 is 29.2 Å². The van der Waals surface area contributed by atoms with E-state index in [4.69, 9.17) is 0 Å². The molecule has 0 aliphatic carbocycles. The van der Waals surface area contributed by atoms with E-state index in [9.17, 15) is 18.0 Å². The van der Waals surface area contributed by atoms with Gasteiger partial charge in [0.05, 0.1) is 7.11 Å². The van der Waals surface area contributed by atoms with Crippen molar-refractivity contribution >= 4 is 5.97 Å². The van der Waals surface area contributed by atoms with Crippen molar-refractivity contribution in [1.29, 1.82) is 0 Å². The number of alkyl halides is 1. The molecule has 0 unspecified atom stereocenters. The maximum Gasteiger partial charge on any atom is 0.345 e. The molecule has 1 aromatic carbocycles. The van der Waals surface area contributed by atoms with E-state index in [0.717, 1.165) is 19.2 Å². The molecule has 1 aliphatic rings. The van der Waals surface area contributed by atoms with Crippen LogP contribution in [0.15, 0.2) is 18.2 Å². The van der Waals surface area contributed by atoms with Gasteiger partial charge in [0, 0.05) is 25.1 Å². The molecule has 0 aromatic heterocycles. The summed E-state index contributed by atoms with van der Waals surface area (Å²) in [4.78, 5) is 11.5. The van der Waals surface area contributed by atoms with E-state index in [1.165, 1.54) is 0 Å². The standard InChI is InChI=1S/C12H12F3NO2/c1-18-11(17)12(15)6-16-5-9(12)8-3-2-7(13)4-10(8)14/h2-4,9,16H,5-6H2,1H3/t9-,12-/m0/s1. The Kier molecular flexibility index (Phi) is 3.30. The summed E-state index contributed by atoms with van der Waals surface area (Å²) in [6, 6.07) is 2.86. The molecule has 2 atom stereocenters. The zero-order valence-electron chi connectivity index (χ0n) is 9.67. The van der Waals surface area contributed by atoms with E-state index in [2.05, 4.69) is 10.1 Å². The van der Waals surface area contributed by atoms with Gasteiger partial charge in [-0.05, 0) is 11.6 Å². The third-order valence-corrected chi connectivity index (χ3v) is 3.15. The molecule has 3 nitrogen and oxygen atoms in total. The van der Waals surface area contributed by atoms with E-state index in [0.29, 0.717) is 6.07 Å². The number of rotatable bonds is 2. The number of methoxy groups -OCH3 is 1. The van der Waals surface area contributed by atoms with E-state index in [-0.39, 0.29) is 18.7 Å². The fourth-order valence-electron chi connectivity index (χ4n) is 2.21. The van der Waals surface area contributed by atoms with Crippen LogP contribution in [0.4, 0.5) is 13.2 Å². The van der Waals surface area contributed by atoms with Crippen LogP contribution < -0.4 is 5.32 Å². The highest BCUT2D eigenvalue weighted by Gasteiger charge is 2.52. The molecule has 98 valence electrons. The number of benzene rings is 1. The number of halogens is 3. The first-order valence-corrected chi connectivity index (χ1v) is 5.42. The fourth-order valence-corrected chi connectivity index (χ4v) is 2.21. The Morgan fingerprint density at radius 2 is 2.22 bits per heavy atom. The molecule has 18 heavy (non-hydrogen) atoms. The lowest BCUT2D eigenvalue weighted by Gasteiger charge is -2.24. The number of carbonyl (C=O) groups excluding carboxylic acids is 1. The molecule has 1 aromatic rings. The van der Waals surface area contributed by atoms with Gasteiger partial charge in [-0.15, -0.1) is 0 Å². The molecule has 1 fully saturated rings. The SMILES string of the molecule is COC(=O)[C@]1(F)CNC[C@H]1c1ccc(F)cc1F. The first kappa shape index (κ1) is 12.9. The van der Waals surface area contributed by atoms with Gasteiger partial charge in [-0.25, -0.2) is 18.0 Å². The summed E-state index contributed by atoms with van der Waals surface area (Å²) in [5.74, 6) is -3.69. The maximum atomic E-state index is 14.5. The molecule has 1 saturated heterocycles. The van der Waals surface area contributed by atoms with Crippen molar-refractivity contribution in [3.8, 4) is 0 Å². The molecule has 1 N–H and O–H groups in total. The summed E-state index contributed by atoms with van der Waals surface area (Å²) in [6.07, 6.45) is 0. The highest BCUT2D eigenvalue weighted by Crippen LogP contribution is 2.37. The molecule has 0 spiro atoms. The summed E-state index contributed by atoms with van der Waals surface area (Å²) in [6.45, 7) is -0.157. The average molecular weight is 259 g/mol. The minimum atomic E-state index is -2.33. The smallest absolute Gasteiger partial charge is 0.345 e. The van der Waals surface area contributed by atoms with Gasteiger partial charge in [0.25, 0.3) is 0 Å². The predicted octanol–water partition coefficient (Wildman–Crippen LogP) is 1.53. The van der Waals surface area contributed by atoms with Crippen LogP contribution in [0.25, 0.3) is 0 Å². The zero-order chi connectivity index (χ0) is 13.3. The number of hydrogen-bond donors (Lipinski definition) is 1. The summed E-state index contributed by atoms with van der Waals surface area (Å²) in [5, 5.41) is 2.68. The molecule has 0 amide bonds. The molecular formula is C12H12F3NO2. The topological polar surface area (TPSA) is 38.3 Å². The summed E-state index contributed by atoms with van der Waals surface area (Å²) in [7, 11) is 1.07. The van der Waals surface area contributed by atoms with Gasteiger partial charge in [-0.2, -0.15) is 0 Å². The molecule has 0 saturated carbocycles. The van der Waals surface area contributed by atoms with Crippen molar-refractivity contribution in [3.63, 3.8) is 0 Å². The Labute approximate surface area is 102 Å². The number of hydrogen-bond acceptors (Lipinski definition) is 3. The van der Waals surface area contributed by atoms with Gasteiger partial charge >= 0.3 is 5.97 Å². The lowest BCUT2D eigenvalue weighted by Crippen LogP contribution is -2.41. The van der Waals surface area contributed by atoms with Crippen molar-refractivity contribution in [3.05, 3.63) is 35.4 Å². The quantitative estimate of drug-likeness (QED) is 0.819. The summed E-state index contributed by atoms with van der Waals surface area (Å²) in [5.41, 5.74) is -2.36. The van der Waals surface area contributed by atoms with Crippen LogP contribution in [0.2, 0.25) is 0 Å². The van der Waals surface area contributed by atoms with Crippen molar-refractivity contribution in [2.45, 2.75) is 11.6 Å². The normalized spacial score (nSPS) is 27.2. The second-order valence-electron chi connectivity index (χ2n) is 4.20. The van der Waals surface area contributed by atoms with Crippen molar-refractivity contribution in [2.75, 3.05) is 20.2 Å². The van der Waals surface area contributed by atoms with Crippen LogP contribution in [0.3, 0.4) is 0 Å². The number of carbonyl (C=O) groups is 1. The van der Waals surface area contributed by atoms with Gasteiger partial charge in [-0.3, -0.25) is 0 Å². The predicted molar refractivity (Wildman–Crippen MR) is 57.8 cm³/mol. The first-order chi connectivity index (χ1) is 8.49. The van der Waals surface area contributed by atoms with E-state index in [1.807, 2.05) is 0 Å². The second-order valence-corrected chi connectivity index (χ2v) is 4.20. The minimum absolute atomic E-state index is 0.0331. The Hall–Kier alpha value is -1.56. The molecule has 1 aliphatic heterocycles. The van der Waals surface area contributed by atoms with Crippen molar-refractivity contribution < 1.29 is 22.7 Å². The minimum Gasteiger partial charge on any atom is -0.467 e. The Bertz CT molecular complexity index is 480. The number of nitrogens with one attached hydrogen (secondary N) is 1. The molecule has 0 bridgehead atoms. The van der Waals surface area contributed by atoms with Crippen molar-refractivity contribution in [2.24, 2.45) is 0 Å². The average Bonchev–Trinajstić information content (AvgIpc) is 2.72. The number of esters is 1. The third-order valence-electron chi connectivity index (χ3n) is 3.15. The molecular weight excluding hydrogens is 247 g/mol. The van der Waals surface area contributed by atoms with E-state index >= 15 is 0 Å². The van der Waals surface area contributed by atoms with Gasteiger partial charge in [0.2, 0.25) is 5.67 Å². The Morgan fingerprint density at radius 3 is 2.83 bits per heavy atom. The highest BCUT2D eigenvalue weighted by molar-refractivity contribution is 5.82. The Morgan fingerprint density at radius 1 is 1.50 bits per heavy atom. The van der Waals surface area contributed by atoms with Crippen LogP contribution in [0.1, 0.15) is 11.5 Å². The van der Waals surface area contributed by atoms with Gasteiger partial charge in [0.1, 0.15) is 11.6 Å². The molecule has 1 heterocycles. The summed E-state index contributed by atoms with van der Waals surface area (Å²) >= 11 is 0. The largest absolute Gasteiger partial charge is 0.467 e. The monoisotopic (exact) mass is 259 g/mol. The van der Waals surface area contributed by atoms with Gasteiger partial charge < -0.3 is 10.1 Å². The van der Waals surface area contributed by atoms with Crippen LogP contribution >= 0.6 is 0 Å². The molecule has 2 rings (SSSR count). The molecule has 0 radical (unpaired) electrons. The number of ether oxygens (including phenoxy) is 1. The summed E-state index contributed by atoms with van der Waals surface area (Å²) < 4.78 is 45.4. The van der Waals surface area contributed by atoms with E-state index in [1.54, 1.807) is 0 Å². The van der Waals surface area contributed by atoms with Crippen LogP contribution in [0, 0.1) is 11.6 Å². The molecule has 6 heteroatoms. The lowest BCUT2D eigenvalue weighted by molar-refractivity contribution is -0.154. The second kappa shape index (κ2) is 4.61. The maximum absolute atomic E-state index is 14.5. The van der Waals surface area contributed by atoms with Gasteiger partial charge in [-0.1, -0.05) is 6.07 Å². The Balaban J connectivity index is 2.40. The van der Waals surface area contributed by atoms with Gasteiger partial charge in [0.15, 0.2) is 0 Å². The lowest BCUT2D eigenvalue weighted by atomic mass is 9.86. The van der Waals surface area contributed by atoms with Crippen molar-refractivity contribution in [1.82, 2.24) is 5.32 Å².